The first-order chi connectivity index (χ1) is 15.7. The molecule has 0 aliphatic carbocycles. The summed E-state index contributed by atoms with van der Waals surface area (Å²) in [6.45, 7) is 2.13. The van der Waals surface area contributed by atoms with Crippen LogP contribution in [0.1, 0.15) is 38.2 Å². The average Bonchev–Trinajstić information content (AvgIpc) is 3.25. The Morgan fingerprint density at radius 1 is 1.21 bits per heavy atom. The number of nitrogens with zero attached hydrogens (tertiary/aromatic N) is 1. The maximum Gasteiger partial charge on any atom is 0.475 e. The lowest BCUT2D eigenvalue weighted by Crippen LogP contribution is -2.78. The van der Waals surface area contributed by atoms with E-state index < -0.39 is 31.1 Å². The predicted molar refractivity (Wildman–Crippen MR) is 123 cm³/mol. The molecule has 1 fully saturated rings. The van der Waals surface area contributed by atoms with Gasteiger partial charge in [-0.25, -0.2) is 0 Å². The van der Waals surface area contributed by atoms with Crippen LogP contribution in [0, 0.1) is 0 Å². The zero-order valence-electron chi connectivity index (χ0n) is 18.9. The van der Waals surface area contributed by atoms with Crippen molar-refractivity contribution in [2.45, 2.75) is 57.1 Å². The van der Waals surface area contributed by atoms with E-state index in [-0.39, 0.29) is 24.2 Å². The molecule has 1 saturated heterocycles. The second-order valence-electron chi connectivity index (χ2n) is 8.19. The number of carbonyl (C=O) groups excluding carboxylic acids is 3. The van der Waals surface area contributed by atoms with Gasteiger partial charge in [0.1, 0.15) is 12.1 Å². The van der Waals surface area contributed by atoms with Crippen molar-refractivity contribution in [1.82, 2.24) is 15.5 Å². The molecule has 1 aliphatic heterocycles. The number of nitrogens with two attached hydrogens (primary N) is 2. The van der Waals surface area contributed by atoms with Gasteiger partial charge in [0.15, 0.2) is 0 Å². The highest BCUT2D eigenvalue weighted by Crippen LogP contribution is 2.20. The predicted octanol–water partition coefficient (Wildman–Crippen LogP) is -3.64. The molecular formula is C21H34BN6O5+. The number of guanidine groups is 1. The summed E-state index contributed by atoms with van der Waals surface area (Å²) >= 11 is 0. The zero-order chi connectivity index (χ0) is 24.4. The van der Waals surface area contributed by atoms with Crippen LogP contribution in [0.25, 0.3) is 0 Å². The lowest BCUT2D eigenvalue weighted by Gasteiger charge is -2.30. The van der Waals surface area contributed by atoms with Crippen LogP contribution in [-0.2, 0) is 20.8 Å². The van der Waals surface area contributed by atoms with Gasteiger partial charge in [0.05, 0.1) is 12.5 Å². The summed E-state index contributed by atoms with van der Waals surface area (Å²) in [5.74, 6) is -1.99. The summed E-state index contributed by atoms with van der Waals surface area (Å²) in [5.41, 5.74) is 11.5. The summed E-state index contributed by atoms with van der Waals surface area (Å²) in [4.78, 5) is 42.2. The fraction of sp³-hybridized carbons (Fsp3) is 0.524. The molecule has 1 aromatic carbocycles. The van der Waals surface area contributed by atoms with E-state index in [1.165, 1.54) is 11.8 Å². The quantitative estimate of drug-likeness (QED) is 0.0767. The normalized spacial score (nSPS) is 17.1. The largest absolute Gasteiger partial charge is 0.475 e. The van der Waals surface area contributed by atoms with Crippen molar-refractivity contribution in [3.8, 4) is 0 Å². The monoisotopic (exact) mass is 461 g/mol. The second kappa shape index (κ2) is 12.8. The number of benzene rings is 1. The Bertz CT molecular complexity index is 834. The van der Waals surface area contributed by atoms with Gasteiger partial charge in [0.2, 0.25) is 17.7 Å². The molecule has 0 spiro atoms. The van der Waals surface area contributed by atoms with Gasteiger partial charge in [-0.05, 0) is 31.2 Å². The van der Waals surface area contributed by atoms with Crippen LogP contribution in [0.5, 0.6) is 0 Å². The van der Waals surface area contributed by atoms with Crippen molar-refractivity contribution in [2.24, 2.45) is 11.5 Å². The number of hydrogen-bond donors (Lipinski definition) is 7. The molecule has 2 rings (SSSR count). The maximum atomic E-state index is 13.3. The van der Waals surface area contributed by atoms with Crippen molar-refractivity contribution in [3.05, 3.63) is 35.9 Å². The fourth-order valence-electron chi connectivity index (χ4n) is 3.93. The van der Waals surface area contributed by atoms with Crippen LogP contribution in [0.4, 0.5) is 0 Å². The molecule has 0 radical (unpaired) electrons. The van der Waals surface area contributed by atoms with Crippen molar-refractivity contribution in [2.75, 3.05) is 13.1 Å². The summed E-state index contributed by atoms with van der Waals surface area (Å²) in [6, 6.07) is 7.76. The SMILES string of the molecule is CC(=O)N[C@H](Cc1ccccc1)C(=O)N1CCC[C@H]1C(=O)N[C@@H](CCC[NH+]=C(N)N)B(O)O. The standard InChI is InChI=1S/C21H33BN6O5/c1-14(29)26-16(13-15-7-3-2-4-8-15)20(31)28-12-6-9-17(28)19(30)27-18(22(32)33)10-5-11-25-21(23)24/h2-4,7-8,16-18,32-33H,5-6,9-13H2,1H3,(H,26,29)(H,27,30)(H4,23,24,25)/p+1/t16-,17+,18+/m1/s1. The van der Waals surface area contributed by atoms with Crippen LogP contribution in [0.3, 0.4) is 0 Å². The lowest BCUT2D eigenvalue weighted by atomic mass is 9.76. The first kappa shape index (κ1) is 26.1. The Morgan fingerprint density at radius 3 is 2.52 bits per heavy atom. The van der Waals surface area contributed by atoms with Crippen LogP contribution >= 0.6 is 0 Å². The molecule has 1 aliphatic rings. The first-order valence-electron chi connectivity index (χ1n) is 11.1. The lowest BCUT2D eigenvalue weighted by molar-refractivity contribution is -0.459. The molecule has 180 valence electrons. The van der Waals surface area contributed by atoms with E-state index in [1.54, 1.807) is 0 Å². The minimum Gasteiger partial charge on any atom is -0.426 e. The molecule has 0 bridgehead atoms. The van der Waals surface area contributed by atoms with Crippen LogP contribution in [0.15, 0.2) is 30.3 Å². The number of rotatable bonds is 11. The van der Waals surface area contributed by atoms with E-state index in [0.29, 0.717) is 38.8 Å². The molecule has 1 aromatic rings. The Labute approximate surface area is 193 Å². The third-order valence-electron chi connectivity index (χ3n) is 5.51. The van der Waals surface area contributed by atoms with Crippen molar-refractivity contribution >= 4 is 30.8 Å². The van der Waals surface area contributed by atoms with E-state index >= 15 is 0 Å². The van der Waals surface area contributed by atoms with Crippen LogP contribution < -0.4 is 27.1 Å². The molecule has 3 amide bonds. The molecule has 0 saturated carbocycles. The number of hydrogen-bond acceptors (Lipinski definition) is 5. The molecule has 0 unspecified atom stereocenters. The van der Waals surface area contributed by atoms with E-state index in [0.717, 1.165) is 5.56 Å². The van der Waals surface area contributed by atoms with E-state index in [9.17, 15) is 24.4 Å². The minimum atomic E-state index is -1.76. The molecule has 33 heavy (non-hydrogen) atoms. The van der Waals surface area contributed by atoms with Crippen molar-refractivity contribution in [3.63, 3.8) is 0 Å². The van der Waals surface area contributed by atoms with Gasteiger partial charge in [0.25, 0.3) is 0 Å². The highest BCUT2D eigenvalue weighted by molar-refractivity contribution is 6.43. The second-order valence-corrected chi connectivity index (χ2v) is 8.19. The van der Waals surface area contributed by atoms with E-state index in [1.807, 2.05) is 30.3 Å². The minimum absolute atomic E-state index is 0.0597. The highest BCUT2D eigenvalue weighted by atomic mass is 16.4. The topological polar surface area (TPSA) is 185 Å². The molecule has 3 atom stereocenters. The van der Waals surface area contributed by atoms with Gasteiger partial charge in [0, 0.05) is 19.9 Å². The van der Waals surface area contributed by atoms with Gasteiger partial charge in [-0.3, -0.25) is 30.8 Å². The number of amides is 3. The highest BCUT2D eigenvalue weighted by Gasteiger charge is 2.39. The van der Waals surface area contributed by atoms with Gasteiger partial charge in [-0.15, -0.1) is 0 Å². The summed E-state index contributed by atoms with van der Waals surface area (Å²) in [5, 5.41) is 24.7. The summed E-state index contributed by atoms with van der Waals surface area (Å²) in [6.07, 6.45) is 2.13. The third kappa shape index (κ3) is 8.39. The average molecular weight is 461 g/mol. The number of likely N-dealkylation sites (tertiary alicyclic amines) is 1. The Hall–Kier alpha value is -3.12. The number of nitrogens with one attached hydrogen (secondary N) is 3. The van der Waals surface area contributed by atoms with Crippen LogP contribution in [0.2, 0.25) is 0 Å². The van der Waals surface area contributed by atoms with Crippen LogP contribution in [-0.4, -0.2) is 76.9 Å². The van der Waals surface area contributed by atoms with E-state index in [4.69, 9.17) is 11.5 Å². The van der Waals surface area contributed by atoms with E-state index in [2.05, 4.69) is 15.6 Å². The van der Waals surface area contributed by atoms with Crippen molar-refractivity contribution < 1.29 is 29.4 Å². The smallest absolute Gasteiger partial charge is 0.426 e. The Morgan fingerprint density at radius 2 is 1.91 bits per heavy atom. The third-order valence-corrected chi connectivity index (χ3v) is 5.51. The van der Waals surface area contributed by atoms with Gasteiger partial charge >= 0.3 is 13.1 Å². The molecule has 9 N–H and O–H groups in total. The fourth-order valence-corrected chi connectivity index (χ4v) is 3.93. The Kier molecular flexibility index (Phi) is 10.1. The van der Waals surface area contributed by atoms with Gasteiger partial charge < -0.3 is 25.6 Å². The molecular weight excluding hydrogens is 427 g/mol. The molecule has 0 aromatic heterocycles. The summed E-state index contributed by atoms with van der Waals surface area (Å²) < 4.78 is 0. The van der Waals surface area contributed by atoms with Gasteiger partial charge in [-0.2, -0.15) is 0 Å². The first-order valence-corrected chi connectivity index (χ1v) is 11.1. The van der Waals surface area contributed by atoms with Crippen molar-refractivity contribution in [1.29, 1.82) is 0 Å². The molecule has 1 heterocycles. The summed E-state index contributed by atoms with van der Waals surface area (Å²) in [7, 11) is -1.76. The van der Waals surface area contributed by atoms with Gasteiger partial charge in [-0.1, -0.05) is 30.3 Å². The maximum absolute atomic E-state index is 13.3. The Balaban J connectivity index is 2.06. The molecule has 11 nitrogen and oxygen atoms in total. The number of carbonyl (C=O) groups is 3. The zero-order valence-corrected chi connectivity index (χ0v) is 18.9. The molecule has 12 heteroatoms.